The van der Waals surface area contributed by atoms with Gasteiger partial charge in [-0.15, -0.1) is 5.06 Å². The first-order chi connectivity index (χ1) is 5.55. The number of hydrogen-bond donors (Lipinski definition) is 4. The van der Waals surface area contributed by atoms with E-state index in [0.29, 0.717) is 5.06 Å². The van der Waals surface area contributed by atoms with E-state index >= 15 is 0 Å². The van der Waals surface area contributed by atoms with E-state index in [2.05, 4.69) is 4.76 Å². The first-order valence-corrected chi connectivity index (χ1v) is 3.83. The van der Waals surface area contributed by atoms with Gasteiger partial charge in [-0.3, -0.25) is 4.76 Å². The van der Waals surface area contributed by atoms with Crippen molar-refractivity contribution < 1.29 is 25.0 Å². The molecule has 0 aliphatic carbocycles. The summed E-state index contributed by atoms with van der Waals surface area (Å²) in [6.45, 7) is 5.36. The molecule has 0 spiro atoms. The second kappa shape index (κ2) is 3.91. The van der Waals surface area contributed by atoms with Crippen LogP contribution in [-0.2, 0) is 4.76 Å². The summed E-state index contributed by atoms with van der Waals surface area (Å²) in [5, 5.41) is 36.7. The van der Waals surface area contributed by atoms with E-state index in [9.17, 15) is 10.2 Å². The molecule has 0 aromatic carbocycles. The van der Waals surface area contributed by atoms with Crippen LogP contribution < -0.4 is 0 Å². The van der Waals surface area contributed by atoms with Crippen LogP contribution in [0.4, 0.5) is 0 Å². The van der Waals surface area contributed by atoms with Gasteiger partial charge in [-0.05, 0) is 27.7 Å². The fourth-order valence-corrected chi connectivity index (χ4v) is 1.02. The maximum Gasteiger partial charge on any atom is 0.651 e. The van der Waals surface area contributed by atoms with Crippen LogP contribution in [0.2, 0.25) is 0 Å². The molecular weight excluding hydrogens is 177 g/mol. The molecule has 0 aromatic heterocycles. The lowest BCUT2D eigenvalue weighted by Crippen LogP contribution is -2.57. The monoisotopic (exact) mass is 193 g/mol. The van der Waals surface area contributed by atoms with Crippen LogP contribution in [0, 0.1) is 0 Å². The van der Waals surface area contributed by atoms with Crippen molar-refractivity contribution in [1.29, 1.82) is 0 Å². The van der Waals surface area contributed by atoms with Crippen LogP contribution in [-0.4, -0.2) is 44.1 Å². The van der Waals surface area contributed by atoms with Gasteiger partial charge in [0.2, 0.25) is 0 Å². The van der Waals surface area contributed by atoms with E-state index in [0.717, 1.165) is 0 Å². The molecule has 0 atom stereocenters. The van der Waals surface area contributed by atoms with Gasteiger partial charge in [-0.25, -0.2) is 0 Å². The quantitative estimate of drug-likeness (QED) is 0.250. The SMILES string of the molecule is CC(C)(O)N(OB(O)O)C(C)(C)O. The first kappa shape index (κ1) is 12.8. The Morgan fingerprint density at radius 1 is 1.00 bits per heavy atom. The summed E-state index contributed by atoms with van der Waals surface area (Å²) in [6.07, 6.45) is 0. The fraction of sp³-hybridized carbons (Fsp3) is 1.00. The van der Waals surface area contributed by atoms with E-state index in [-0.39, 0.29) is 0 Å². The third kappa shape index (κ3) is 4.56. The van der Waals surface area contributed by atoms with Gasteiger partial charge >= 0.3 is 7.32 Å². The molecule has 6 nitrogen and oxygen atoms in total. The molecule has 0 aliphatic rings. The smallest absolute Gasteiger partial charge is 0.401 e. The molecule has 0 aromatic rings. The number of aliphatic hydroxyl groups is 2. The standard InChI is InChI=1S/C6H16BNO5/c1-5(2,9)8(6(3,4)10)13-7(11)12/h9-12H,1-4H3. The molecule has 0 saturated heterocycles. The van der Waals surface area contributed by atoms with Gasteiger partial charge in [0.15, 0.2) is 0 Å². The second-order valence-corrected chi connectivity index (χ2v) is 3.71. The summed E-state index contributed by atoms with van der Waals surface area (Å²) in [4.78, 5) is 0. The summed E-state index contributed by atoms with van der Waals surface area (Å²) >= 11 is 0. The Bertz CT molecular complexity index is 147. The minimum absolute atomic E-state index is 0.685. The lowest BCUT2D eigenvalue weighted by molar-refractivity contribution is -0.334. The molecule has 0 amide bonds. The summed E-state index contributed by atoms with van der Waals surface area (Å²) in [5.41, 5.74) is -3.05. The zero-order valence-electron chi connectivity index (χ0n) is 8.22. The molecule has 0 radical (unpaired) electrons. The predicted octanol–water partition coefficient (Wildman–Crippen LogP) is -1.35. The third-order valence-corrected chi connectivity index (χ3v) is 1.19. The van der Waals surface area contributed by atoms with Gasteiger partial charge in [0.25, 0.3) is 0 Å². The number of nitrogens with zero attached hydrogens (tertiary/aromatic N) is 1. The van der Waals surface area contributed by atoms with E-state index < -0.39 is 18.8 Å². The number of hydrogen-bond acceptors (Lipinski definition) is 6. The van der Waals surface area contributed by atoms with Gasteiger partial charge in [-0.2, -0.15) is 0 Å². The molecule has 0 heterocycles. The molecular formula is C6H16BNO5. The maximum absolute atomic E-state index is 9.48. The summed E-state index contributed by atoms with van der Waals surface area (Å²) < 4.78 is 4.42. The lowest BCUT2D eigenvalue weighted by atomic mass is 10.2. The van der Waals surface area contributed by atoms with Gasteiger partial charge < -0.3 is 20.3 Å². The van der Waals surface area contributed by atoms with Crippen molar-refractivity contribution in [1.82, 2.24) is 5.06 Å². The Balaban J connectivity index is 4.58. The van der Waals surface area contributed by atoms with Crippen molar-refractivity contribution in [2.45, 2.75) is 39.1 Å². The predicted molar refractivity (Wildman–Crippen MR) is 45.7 cm³/mol. The number of hydroxylamine groups is 2. The van der Waals surface area contributed by atoms with Crippen LogP contribution in [0.15, 0.2) is 0 Å². The highest BCUT2D eigenvalue weighted by molar-refractivity contribution is 6.32. The third-order valence-electron chi connectivity index (χ3n) is 1.19. The minimum Gasteiger partial charge on any atom is -0.401 e. The zero-order valence-corrected chi connectivity index (χ0v) is 8.22. The molecule has 0 rings (SSSR count). The van der Waals surface area contributed by atoms with Crippen LogP contribution in [0.5, 0.6) is 0 Å². The molecule has 7 heteroatoms. The highest BCUT2D eigenvalue weighted by Crippen LogP contribution is 2.21. The van der Waals surface area contributed by atoms with Gasteiger partial charge in [-0.1, -0.05) is 0 Å². The van der Waals surface area contributed by atoms with E-state index in [1.54, 1.807) is 0 Å². The Labute approximate surface area is 77.5 Å². The zero-order chi connectivity index (χ0) is 10.9. The number of rotatable bonds is 4. The van der Waals surface area contributed by atoms with Crippen LogP contribution in [0.25, 0.3) is 0 Å². The van der Waals surface area contributed by atoms with Gasteiger partial charge in [0, 0.05) is 0 Å². The van der Waals surface area contributed by atoms with E-state index in [1.165, 1.54) is 27.7 Å². The molecule has 78 valence electrons. The average Bonchev–Trinajstić information content (AvgIpc) is 1.77. The minimum atomic E-state index is -2.09. The largest absolute Gasteiger partial charge is 0.651 e. The van der Waals surface area contributed by atoms with Crippen LogP contribution in [0.3, 0.4) is 0 Å². The summed E-state index contributed by atoms with van der Waals surface area (Å²) in [7, 11) is -2.09. The first-order valence-electron chi connectivity index (χ1n) is 3.83. The van der Waals surface area contributed by atoms with E-state index in [4.69, 9.17) is 10.0 Å². The van der Waals surface area contributed by atoms with Crippen LogP contribution >= 0.6 is 0 Å². The van der Waals surface area contributed by atoms with Crippen LogP contribution in [0.1, 0.15) is 27.7 Å². The molecule has 0 saturated carbocycles. The normalized spacial score (nSPS) is 13.6. The average molecular weight is 193 g/mol. The van der Waals surface area contributed by atoms with Crippen molar-refractivity contribution in [3.63, 3.8) is 0 Å². The Kier molecular flexibility index (Phi) is 3.86. The van der Waals surface area contributed by atoms with Crippen molar-refractivity contribution in [2.24, 2.45) is 0 Å². The topological polar surface area (TPSA) is 93.4 Å². The summed E-state index contributed by atoms with van der Waals surface area (Å²) in [5.74, 6) is 0. The van der Waals surface area contributed by atoms with E-state index in [1.807, 2.05) is 0 Å². The van der Waals surface area contributed by atoms with Crippen molar-refractivity contribution >= 4 is 7.32 Å². The second-order valence-electron chi connectivity index (χ2n) is 3.71. The van der Waals surface area contributed by atoms with Crippen molar-refractivity contribution in [2.75, 3.05) is 0 Å². The highest BCUT2D eigenvalue weighted by Gasteiger charge is 2.38. The van der Waals surface area contributed by atoms with Crippen molar-refractivity contribution in [3.8, 4) is 0 Å². The Hall–Kier alpha value is -0.175. The summed E-state index contributed by atoms with van der Waals surface area (Å²) in [6, 6.07) is 0. The lowest BCUT2D eigenvalue weighted by Gasteiger charge is -2.40. The molecule has 0 aliphatic heterocycles. The fourth-order valence-electron chi connectivity index (χ4n) is 1.02. The molecule has 4 N–H and O–H groups in total. The molecule has 0 bridgehead atoms. The van der Waals surface area contributed by atoms with Gasteiger partial charge in [0.05, 0.1) is 0 Å². The van der Waals surface area contributed by atoms with Crippen molar-refractivity contribution in [3.05, 3.63) is 0 Å². The Morgan fingerprint density at radius 3 is 1.38 bits per heavy atom. The highest BCUT2D eigenvalue weighted by atomic mass is 16.8. The Morgan fingerprint density at radius 2 is 1.31 bits per heavy atom. The molecule has 0 fully saturated rings. The molecule has 0 unspecified atom stereocenters. The molecule has 13 heavy (non-hydrogen) atoms. The van der Waals surface area contributed by atoms with Gasteiger partial charge in [0.1, 0.15) is 11.4 Å². The maximum atomic E-state index is 9.48.